The fourth-order valence-corrected chi connectivity index (χ4v) is 8.97. The second-order valence-electron chi connectivity index (χ2n) is 11.1. The Morgan fingerprint density at radius 2 is 1.78 bits per heavy atom. The highest BCUT2D eigenvalue weighted by Crippen LogP contribution is 2.58. The number of nitrogen functional groups attached to an aromatic ring is 1. The summed E-state index contributed by atoms with van der Waals surface area (Å²) in [6.07, 6.45) is -5.62. The van der Waals surface area contributed by atoms with Crippen LogP contribution in [0.5, 0.6) is 0 Å². The number of anilines is 1. The molecule has 0 spiro atoms. The number of carbonyl (C=O) groups is 1. The predicted molar refractivity (Wildman–Crippen MR) is 158 cm³/mol. The zero-order valence-electron chi connectivity index (χ0n) is 23.1. The molecule has 4 fully saturated rings. The number of nitrogens with two attached hydrogens (primary N) is 2. The molecular weight excluding hydrogens is 695 g/mol. The third-order valence-corrected chi connectivity index (χ3v) is 11.3. The van der Waals surface area contributed by atoms with Gasteiger partial charge in [0, 0.05) is 0 Å². The number of ether oxygens (including phenoxy) is 3. The van der Waals surface area contributed by atoms with Gasteiger partial charge in [0.15, 0.2) is 47.4 Å². The lowest BCUT2D eigenvalue weighted by molar-refractivity contribution is -0.183. The molecule has 0 aromatic carbocycles. The minimum absolute atomic E-state index is 0.00493. The summed E-state index contributed by atoms with van der Waals surface area (Å²) in [6.45, 7) is -9.66. The number of imidazole rings is 2. The Morgan fingerprint density at radius 3 is 2.61 bits per heavy atom. The maximum Gasteiger partial charge on any atom is 0.325 e. The Kier molecular flexibility index (Phi) is 7.24. The fraction of sp³-hybridized carbons (Fsp3) is 0.545. The van der Waals surface area contributed by atoms with Crippen molar-refractivity contribution in [2.75, 3.05) is 25.6 Å². The number of aromatic nitrogens is 6. The highest BCUT2D eigenvalue weighted by Gasteiger charge is 2.65. The van der Waals surface area contributed by atoms with Gasteiger partial charge in [0.2, 0.25) is 0 Å². The van der Waals surface area contributed by atoms with Gasteiger partial charge < -0.3 is 44.5 Å². The standard InChI is InChI=1S/C22H24FN9O10P2S2/c23-11-9-2-37-43(34,45)42-16-15-21(31-7-29-13-17(25)26-5-27-18(13)31)40-22(16,3-36-15)4-38-44(35,46)41-14(11)20(39-9)32-6-28-12-8(33)1-10(24)30-19(12)32/h5-7,9,11,14-16,20-21H,1-4H2,(H2,24,30)(H,34,45)(H,35,46)(H2,25,26,27)/t9-,11-,14-,15-,16+,20-,21-,22-,43?,44?/m1/s1. The van der Waals surface area contributed by atoms with Crippen LogP contribution in [0, 0.1) is 0 Å². The van der Waals surface area contributed by atoms with E-state index in [1.807, 2.05) is 0 Å². The molecule has 10 atom stereocenters. The smallest absolute Gasteiger partial charge is 0.325 e. The van der Waals surface area contributed by atoms with Gasteiger partial charge in [0.25, 0.3) is 0 Å². The van der Waals surface area contributed by atoms with Crippen molar-refractivity contribution in [1.29, 1.82) is 0 Å². The van der Waals surface area contributed by atoms with Crippen molar-refractivity contribution in [3.8, 4) is 0 Å². The van der Waals surface area contributed by atoms with Crippen LogP contribution in [0.3, 0.4) is 0 Å². The van der Waals surface area contributed by atoms with E-state index in [1.54, 1.807) is 4.57 Å². The molecule has 2 unspecified atom stereocenters. The van der Waals surface area contributed by atoms with Crippen molar-refractivity contribution in [2.24, 2.45) is 10.7 Å². The Labute approximate surface area is 267 Å². The molecule has 8 heterocycles. The number of carbonyl (C=O) groups excluding carboxylic acids is 1. The number of nitrogens with zero attached hydrogens (tertiary/aromatic N) is 7. The lowest BCUT2D eigenvalue weighted by Gasteiger charge is -2.33. The number of fused-ring (bicyclic) bond motifs is 4. The molecule has 0 aliphatic carbocycles. The van der Waals surface area contributed by atoms with E-state index in [0.717, 1.165) is 0 Å². The lowest BCUT2D eigenvalue weighted by atomic mass is 10.0. The number of Topliss-reactive ketones (excluding diaryl/α,β-unsaturated/α-hetero) is 1. The molecule has 246 valence electrons. The monoisotopic (exact) mass is 719 g/mol. The number of halogens is 1. The van der Waals surface area contributed by atoms with Crippen LogP contribution in [0.4, 0.5) is 16.0 Å². The molecular formula is C22H24FN9O10P2S2. The number of amidine groups is 1. The summed E-state index contributed by atoms with van der Waals surface area (Å²) >= 11 is 10.6. The van der Waals surface area contributed by atoms with Gasteiger partial charge in [-0.3, -0.25) is 23.0 Å². The van der Waals surface area contributed by atoms with Gasteiger partial charge in [-0.15, -0.1) is 0 Å². The molecule has 4 saturated heterocycles. The quantitative estimate of drug-likeness (QED) is 0.255. The molecule has 3 aromatic heterocycles. The summed E-state index contributed by atoms with van der Waals surface area (Å²) in [5.41, 5.74) is 10.9. The molecule has 0 saturated carbocycles. The summed E-state index contributed by atoms with van der Waals surface area (Å²) < 4.78 is 60.1. The van der Waals surface area contributed by atoms with Crippen molar-refractivity contribution < 1.29 is 51.3 Å². The van der Waals surface area contributed by atoms with Crippen LogP contribution in [0.2, 0.25) is 0 Å². The van der Waals surface area contributed by atoms with Gasteiger partial charge in [-0.05, 0) is 23.6 Å². The van der Waals surface area contributed by atoms with Gasteiger partial charge in [-0.2, -0.15) is 0 Å². The SMILES string of the molecule is NC1=Nc2c(ncn2[C@@H]2O[C@@H]3COP(O)(=S)O[C@H]4[C@H]5OC[C@]4(COP(O)(=S)O[C@@H]2[C@@H]3F)O[C@H]5n2cnc3c(N)ncnc32)C(=O)C1. The van der Waals surface area contributed by atoms with E-state index >= 15 is 4.39 Å². The first-order chi connectivity index (χ1) is 21.8. The third-order valence-electron chi connectivity index (χ3n) is 8.17. The number of aliphatic imine (C=N–C) groups is 1. The zero-order valence-corrected chi connectivity index (χ0v) is 26.6. The van der Waals surface area contributed by atoms with Gasteiger partial charge in [-0.1, -0.05) is 0 Å². The first-order valence-electron chi connectivity index (χ1n) is 13.6. The van der Waals surface area contributed by atoms with Crippen LogP contribution in [0.15, 0.2) is 24.0 Å². The Hall–Kier alpha value is -2.43. The average Bonchev–Trinajstić information content (AvgIpc) is 3.80. The molecule has 3 aromatic rings. The molecule has 19 nitrogen and oxygen atoms in total. The van der Waals surface area contributed by atoms with E-state index in [9.17, 15) is 14.6 Å². The maximum absolute atomic E-state index is 16.0. The van der Waals surface area contributed by atoms with E-state index in [2.05, 4.69) is 24.9 Å². The van der Waals surface area contributed by atoms with E-state index in [0.29, 0.717) is 11.2 Å². The Bertz CT molecular complexity index is 1900. The summed E-state index contributed by atoms with van der Waals surface area (Å²) in [6, 6.07) is 0. The van der Waals surface area contributed by atoms with Crippen LogP contribution in [-0.4, -0.2) is 106 Å². The highest BCUT2D eigenvalue weighted by atomic mass is 32.5. The topological polar surface area (TPSA) is 248 Å². The number of hydrogen-bond acceptors (Lipinski definition) is 17. The largest absolute Gasteiger partial charge is 0.387 e. The van der Waals surface area contributed by atoms with Crippen molar-refractivity contribution in [3.63, 3.8) is 0 Å². The molecule has 0 amide bonds. The highest BCUT2D eigenvalue weighted by molar-refractivity contribution is 8.07. The van der Waals surface area contributed by atoms with Crippen LogP contribution < -0.4 is 11.5 Å². The number of rotatable bonds is 2. The molecule has 6 N–H and O–H groups in total. The van der Waals surface area contributed by atoms with Gasteiger partial charge in [0.05, 0.1) is 38.9 Å². The summed E-state index contributed by atoms with van der Waals surface area (Å²) in [5, 5.41) is 0. The average molecular weight is 720 g/mol. The molecule has 46 heavy (non-hydrogen) atoms. The van der Waals surface area contributed by atoms with Gasteiger partial charge in [-0.25, -0.2) is 29.3 Å². The number of hydrogen-bond donors (Lipinski definition) is 4. The van der Waals surface area contributed by atoms with Crippen LogP contribution in [-0.2, 0) is 55.9 Å². The van der Waals surface area contributed by atoms with Gasteiger partial charge in [0.1, 0.15) is 47.7 Å². The summed E-state index contributed by atoms with van der Waals surface area (Å²) in [5.74, 6) is -0.234. The molecule has 5 aliphatic heterocycles. The van der Waals surface area contributed by atoms with E-state index in [-0.39, 0.29) is 36.2 Å². The normalized spacial score (nSPS) is 41.0. The van der Waals surface area contributed by atoms with E-state index in [4.69, 9.17) is 67.4 Å². The van der Waals surface area contributed by atoms with E-state index < -0.39 is 81.1 Å². The van der Waals surface area contributed by atoms with Gasteiger partial charge >= 0.3 is 13.4 Å². The second-order valence-corrected chi connectivity index (χ2v) is 16.7. The van der Waals surface area contributed by atoms with Crippen molar-refractivity contribution >= 4 is 71.5 Å². The third kappa shape index (κ3) is 4.95. The summed E-state index contributed by atoms with van der Waals surface area (Å²) in [4.78, 5) is 55.6. The molecule has 24 heteroatoms. The first kappa shape index (κ1) is 30.9. The minimum atomic E-state index is -4.29. The van der Waals surface area contributed by atoms with Crippen LogP contribution in [0.25, 0.3) is 11.2 Å². The molecule has 5 aliphatic rings. The number of alkyl halides is 1. The van der Waals surface area contributed by atoms with Crippen LogP contribution in [0.1, 0.15) is 29.4 Å². The first-order valence-corrected chi connectivity index (χ1v) is 18.8. The fourth-order valence-electron chi connectivity index (χ4n) is 6.09. The molecule has 4 bridgehead atoms. The second kappa shape index (κ2) is 10.8. The minimum Gasteiger partial charge on any atom is -0.387 e. The maximum atomic E-state index is 16.0. The lowest BCUT2D eigenvalue weighted by Crippen LogP contribution is -2.45. The molecule has 0 radical (unpaired) electrons. The van der Waals surface area contributed by atoms with Crippen molar-refractivity contribution in [2.45, 2.75) is 55.1 Å². The van der Waals surface area contributed by atoms with Crippen LogP contribution >= 0.6 is 13.4 Å². The predicted octanol–water partition coefficient (Wildman–Crippen LogP) is 0.0330. The zero-order chi connectivity index (χ0) is 32.2. The Morgan fingerprint density at radius 1 is 1.00 bits per heavy atom. The van der Waals surface area contributed by atoms with Crippen molar-refractivity contribution in [1.82, 2.24) is 29.1 Å². The summed E-state index contributed by atoms with van der Waals surface area (Å²) in [7, 11) is 0. The van der Waals surface area contributed by atoms with E-state index in [1.165, 1.54) is 23.5 Å². The number of ketones is 1. The Balaban J connectivity index is 1.13. The van der Waals surface area contributed by atoms with Crippen molar-refractivity contribution in [3.05, 3.63) is 24.7 Å². The molecule has 8 rings (SSSR count).